The molecule has 2 aliphatic rings. The first kappa shape index (κ1) is 47.7. The highest BCUT2D eigenvalue weighted by Gasteiger charge is 2.58. The molecule has 0 amide bonds. The minimum absolute atomic E-state index is 0.0899. The lowest BCUT2D eigenvalue weighted by molar-refractivity contribution is -0.311. The Balaban J connectivity index is 1.14. The second-order valence-electron chi connectivity index (χ2n) is 16.4. The molecule has 0 spiro atoms. The van der Waals surface area contributed by atoms with E-state index in [4.69, 9.17) is 37.3 Å². The highest BCUT2D eigenvalue weighted by Crippen LogP contribution is 2.37. The predicted octanol–water partition coefficient (Wildman–Crippen LogP) is 8.68. The Hall–Kier alpha value is -4.74. The summed E-state index contributed by atoms with van der Waals surface area (Å²) in [6.45, 7) is 1.82. The Morgan fingerprint density at radius 2 is 0.848 bits per heavy atom. The van der Waals surface area contributed by atoms with E-state index in [2.05, 4.69) is 0 Å². The van der Waals surface area contributed by atoms with Crippen molar-refractivity contribution < 1.29 is 50.3 Å². The normalized spacial score (nSPS) is 24.3. The van der Waals surface area contributed by atoms with Gasteiger partial charge in [0.2, 0.25) is 0 Å². The van der Waals surface area contributed by atoms with Crippen molar-refractivity contribution in [2.45, 2.75) is 87.8 Å². The van der Waals surface area contributed by atoms with Crippen LogP contribution in [0.5, 0.6) is 0 Å². The zero-order valence-electron chi connectivity index (χ0n) is 36.6. The van der Waals surface area contributed by atoms with Crippen LogP contribution in [0.1, 0.15) is 33.4 Å². The van der Waals surface area contributed by atoms with E-state index < -0.39 is 58.1 Å². The Labute approximate surface area is 391 Å². The number of hydrogen-bond donors (Lipinski definition) is 1. The molecule has 2 aliphatic heterocycles. The second-order valence-corrected chi connectivity index (χ2v) is 19.8. The van der Waals surface area contributed by atoms with Gasteiger partial charge in [0.05, 0.1) is 46.2 Å². The number of rotatable bonds is 23. The van der Waals surface area contributed by atoms with E-state index in [0.29, 0.717) is 32.2 Å². The highest BCUT2D eigenvalue weighted by atomic mass is 32.3. The first-order valence-corrected chi connectivity index (χ1v) is 25.2. The predicted molar refractivity (Wildman–Crippen MR) is 253 cm³/mol. The maximum Gasteiger partial charge on any atom is 0.397 e. The Morgan fingerprint density at radius 3 is 1.29 bits per heavy atom. The molecule has 0 aromatic heterocycles. The molecule has 8 rings (SSSR count). The summed E-state index contributed by atoms with van der Waals surface area (Å²) in [5, 5.41) is -0.215. The van der Waals surface area contributed by atoms with Crippen LogP contribution < -0.4 is 0 Å². The Kier molecular flexibility index (Phi) is 17.6. The zero-order chi connectivity index (χ0) is 45.4. The highest BCUT2D eigenvalue weighted by molar-refractivity contribution is 7.97. The van der Waals surface area contributed by atoms with Crippen LogP contribution in [-0.4, -0.2) is 79.2 Å². The van der Waals surface area contributed by atoms with Crippen molar-refractivity contribution in [1.82, 2.24) is 0 Å². The first-order valence-electron chi connectivity index (χ1n) is 22.2. The van der Waals surface area contributed by atoms with Crippen molar-refractivity contribution in [2.24, 2.45) is 0 Å². The van der Waals surface area contributed by atoms with Crippen LogP contribution in [0.4, 0.5) is 0 Å². The SMILES string of the molecule is O=S(=O)(O)O[C@H]1C(OCc2ccccc2)[C@@H](OCc2ccccc2)[C@H](OCc2ccccc2)O[C@@H]1C[S+]1C[C@@H](OCc2ccccc2)[C@H](OCc2ccccc2)[C@H]1COCc1ccccc1. The van der Waals surface area contributed by atoms with E-state index in [0.717, 1.165) is 33.4 Å². The van der Waals surface area contributed by atoms with E-state index in [1.165, 1.54) is 0 Å². The van der Waals surface area contributed by atoms with Gasteiger partial charge in [-0.3, -0.25) is 4.55 Å². The zero-order valence-corrected chi connectivity index (χ0v) is 38.3. The molecule has 0 radical (unpaired) electrons. The molecule has 1 N–H and O–H groups in total. The number of hydrogen-bond acceptors (Lipinski definition) is 10. The van der Waals surface area contributed by atoms with Crippen LogP contribution in [0.25, 0.3) is 0 Å². The molecule has 66 heavy (non-hydrogen) atoms. The van der Waals surface area contributed by atoms with Gasteiger partial charge in [0.25, 0.3) is 0 Å². The summed E-state index contributed by atoms with van der Waals surface area (Å²) in [5.41, 5.74) is 5.71. The summed E-state index contributed by atoms with van der Waals surface area (Å²) in [7, 11) is -5.66. The maximum absolute atomic E-state index is 13.0. The van der Waals surface area contributed by atoms with E-state index in [9.17, 15) is 13.0 Å². The molecule has 11 nitrogen and oxygen atoms in total. The number of benzene rings is 6. The molecular weight excluding hydrogens is 877 g/mol. The van der Waals surface area contributed by atoms with Gasteiger partial charge in [-0.25, -0.2) is 4.18 Å². The smallest absolute Gasteiger partial charge is 0.371 e. The maximum atomic E-state index is 13.0. The van der Waals surface area contributed by atoms with Gasteiger partial charge in [-0.05, 0) is 33.4 Å². The Bertz CT molecular complexity index is 2400. The van der Waals surface area contributed by atoms with Gasteiger partial charge in [-0.2, -0.15) is 8.42 Å². The lowest BCUT2D eigenvalue weighted by Gasteiger charge is -2.44. The fourth-order valence-electron chi connectivity index (χ4n) is 8.28. The summed E-state index contributed by atoms with van der Waals surface area (Å²) < 4.78 is 89.1. The van der Waals surface area contributed by atoms with Crippen LogP contribution in [0.15, 0.2) is 182 Å². The van der Waals surface area contributed by atoms with Gasteiger partial charge >= 0.3 is 10.4 Å². The van der Waals surface area contributed by atoms with Crippen LogP contribution in [-0.2, 0) is 98.3 Å². The first-order chi connectivity index (χ1) is 32.3. The van der Waals surface area contributed by atoms with Crippen molar-refractivity contribution in [2.75, 3.05) is 18.1 Å². The number of ether oxygens (including phenoxy) is 7. The molecule has 9 atom stereocenters. The van der Waals surface area contributed by atoms with Gasteiger partial charge in [0.1, 0.15) is 48.1 Å². The summed E-state index contributed by atoms with van der Waals surface area (Å²) in [6.07, 6.45) is -6.24. The lowest BCUT2D eigenvalue weighted by Crippen LogP contribution is -2.62. The summed E-state index contributed by atoms with van der Waals surface area (Å²) >= 11 is 0. The topological polar surface area (TPSA) is 128 Å². The van der Waals surface area contributed by atoms with Crippen molar-refractivity contribution in [3.8, 4) is 0 Å². The fourth-order valence-corrected chi connectivity index (χ4v) is 11.7. The quantitative estimate of drug-likeness (QED) is 0.0490. The third-order valence-electron chi connectivity index (χ3n) is 11.6. The van der Waals surface area contributed by atoms with Gasteiger partial charge in [-0.1, -0.05) is 182 Å². The third kappa shape index (κ3) is 14.1. The molecular formula is C53H57O11S2+. The summed E-state index contributed by atoms with van der Waals surface area (Å²) in [5.74, 6) is 0.834. The van der Waals surface area contributed by atoms with Gasteiger partial charge in [-0.15, -0.1) is 0 Å². The molecule has 2 unspecified atom stereocenters. The van der Waals surface area contributed by atoms with E-state index in [1.54, 1.807) is 0 Å². The van der Waals surface area contributed by atoms with Crippen molar-refractivity contribution in [3.63, 3.8) is 0 Å². The van der Waals surface area contributed by atoms with Crippen LogP contribution in [0, 0.1) is 0 Å². The van der Waals surface area contributed by atoms with Crippen molar-refractivity contribution in [3.05, 3.63) is 215 Å². The van der Waals surface area contributed by atoms with Crippen LogP contribution in [0.2, 0.25) is 0 Å². The van der Waals surface area contributed by atoms with E-state index in [-0.39, 0.29) is 36.9 Å². The summed E-state index contributed by atoms with van der Waals surface area (Å²) in [6, 6.07) is 58.9. The van der Waals surface area contributed by atoms with Crippen LogP contribution in [0.3, 0.4) is 0 Å². The van der Waals surface area contributed by atoms with Gasteiger partial charge in [0, 0.05) is 10.9 Å². The molecule has 2 saturated heterocycles. The average molecular weight is 934 g/mol. The monoisotopic (exact) mass is 933 g/mol. The molecule has 2 heterocycles. The molecule has 346 valence electrons. The van der Waals surface area contributed by atoms with Gasteiger partial charge < -0.3 is 33.2 Å². The van der Waals surface area contributed by atoms with Gasteiger partial charge in [0.15, 0.2) is 11.5 Å². The minimum Gasteiger partial charge on any atom is -0.371 e. The molecule has 6 aromatic carbocycles. The molecule has 2 fully saturated rings. The molecule has 0 bridgehead atoms. The molecule has 13 heteroatoms. The van der Waals surface area contributed by atoms with Crippen molar-refractivity contribution >= 4 is 21.3 Å². The van der Waals surface area contributed by atoms with Crippen molar-refractivity contribution in [1.29, 1.82) is 0 Å². The van der Waals surface area contributed by atoms with E-state index >= 15 is 0 Å². The fraction of sp³-hybridized carbons (Fsp3) is 0.321. The molecule has 6 aromatic rings. The minimum atomic E-state index is -5.06. The van der Waals surface area contributed by atoms with E-state index in [1.807, 2.05) is 182 Å². The molecule has 0 saturated carbocycles. The lowest BCUT2D eigenvalue weighted by atomic mass is 9.99. The second kappa shape index (κ2) is 24.3. The average Bonchev–Trinajstić information content (AvgIpc) is 3.67. The standard InChI is InChI=1S/C53H56O11S2/c54-66(55,56)64-50-47(63-53(62-36-45-29-17-6-18-30-45)52(61-35-44-27-15-5-16-28-44)51(50)60-34-43-25-13-4-14-26-43)39-65-38-46(58-32-41-21-9-2-10-22-41)49(59-33-42-23-11-3-12-24-42)48(65)37-57-31-40-19-7-1-8-20-40/h1-30,46-53H,31-39H2/p+1/t46-,47-,48-,49+,50-,51?,52-,53-,65?/m1/s1. The molecule has 0 aliphatic carbocycles. The Morgan fingerprint density at radius 1 is 0.470 bits per heavy atom. The third-order valence-corrected chi connectivity index (χ3v) is 14.8. The van der Waals surface area contributed by atoms with Crippen LogP contribution >= 0.6 is 0 Å². The largest absolute Gasteiger partial charge is 0.397 e. The summed E-state index contributed by atoms with van der Waals surface area (Å²) in [4.78, 5) is 0.